The van der Waals surface area contributed by atoms with Gasteiger partial charge in [0.25, 0.3) is 0 Å². The topological polar surface area (TPSA) is 105 Å². The first-order chi connectivity index (χ1) is 11.7. The molecule has 136 valence electrons. The molecule has 0 spiro atoms. The van der Waals surface area contributed by atoms with Crippen LogP contribution >= 0.6 is 0 Å². The Morgan fingerprint density at radius 3 is 1.80 bits per heavy atom. The first kappa shape index (κ1) is 20.1. The number of ether oxygens (including phenoxy) is 4. The minimum absolute atomic E-state index is 0.279. The van der Waals surface area contributed by atoms with E-state index in [0.29, 0.717) is 11.3 Å². The van der Waals surface area contributed by atoms with Crippen LogP contribution in [0.3, 0.4) is 0 Å². The standard InChI is InChI=1S/C17H20O8/c1-10(18)22-9-16(24-12(3)20)17(25-13(4)21)14-5-7-15(8-6-14)23-11(2)19/h5-8,16-17H,9H2,1-4H3/t16-,17+/m0/s1. The molecule has 1 aromatic carbocycles. The Hall–Kier alpha value is -2.90. The van der Waals surface area contributed by atoms with Crippen LogP contribution in [0.2, 0.25) is 0 Å². The van der Waals surface area contributed by atoms with Gasteiger partial charge in [-0.15, -0.1) is 0 Å². The van der Waals surface area contributed by atoms with E-state index in [2.05, 4.69) is 0 Å². The Balaban J connectivity index is 3.09. The molecule has 1 rings (SSSR count). The molecule has 0 aromatic heterocycles. The first-order valence-corrected chi connectivity index (χ1v) is 7.45. The second kappa shape index (κ2) is 9.41. The highest BCUT2D eigenvalue weighted by Gasteiger charge is 2.30. The van der Waals surface area contributed by atoms with Gasteiger partial charge in [0.2, 0.25) is 0 Å². The molecule has 0 unspecified atom stereocenters. The number of hydrogen-bond donors (Lipinski definition) is 0. The lowest BCUT2D eigenvalue weighted by molar-refractivity contribution is -0.173. The normalized spacial score (nSPS) is 12.5. The lowest BCUT2D eigenvalue weighted by Gasteiger charge is -2.26. The van der Waals surface area contributed by atoms with Gasteiger partial charge in [-0.25, -0.2) is 0 Å². The molecule has 8 nitrogen and oxygen atoms in total. The molecule has 8 heteroatoms. The zero-order valence-corrected chi connectivity index (χ0v) is 14.4. The zero-order chi connectivity index (χ0) is 19.0. The Morgan fingerprint density at radius 1 is 0.800 bits per heavy atom. The molecule has 1 aromatic rings. The minimum Gasteiger partial charge on any atom is -0.462 e. The molecule has 0 aliphatic heterocycles. The Morgan fingerprint density at radius 2 is 1.36 bits per heavy atom. The third kappa shape index (κ3) is 7.47. The van der Waals surface area contributed by atoms with Crippen LogP contribution in [-0.4, -0.2) is 36.6 Å². The van der Waals surface area contributed by atoms with Crippen molar-refractivity contribution < 1.29 is 38.1 Å². The van der Waals surface area contributed by atoms with Gasteiger partial charge in [-0.05, 0) is 17.7 Å². The van der Waals surface area contributed by atoms with Crippen molar-refractivity contribution in [2.45, 2.75) is 39.9 Å². The summed E-state index contributed by atoms with van der Waals surface area (Å²) in [4.78, 5) is 44.8. The van der Waals surface area contributed by atoms with Crippen molar-refractivity contribution in [3.05, 3.63) is 29.8 Å². The molecule has 0 heterocycles. The lowest BCUT2D eigenvalue weighted by atomic mass is 10.0. The average Bonchev–Trinajstić information content (AvgIpc) is 2.49. The van der Waals surface area contributed by atoms with Crippen molar-refractivity contribution in [3.8, 4) is 5.75 Å². The quantitative estimate of drug-likeness (QED) is 0.415. The van der Waals surface area contributed by atoms with Crippen LogP contribution in [0.5, 0.6) is 5.75 Å². The van der Waals surface area contributed by atoms with E-state index < -0.39 is 36.1 Å². The third-order valence-electron chi connectivity index (χ3n) is 2.87. The predicted molar refractivity (Wildman–Crippen MR) is 84.4 cm³/mol. The van der Waals surface area contributed by atoms with Crippen LogP contribution in [0.15, 0.2) is 24.3 Å². The van der Waals surface area contributed by atoms with Crippen LogP contribution in [0.25, 0.3) is 0 Å². The Labute approximate surface area is 145 Å². The van der Waals surface area contributed by atoms with Crippen LogP contribution in [-0.2, 0) is 33.4 Å². The fourth-order valence-electron chi connectivity index (χ4n) is 2.02. The predicted octanol–water partition coefficient (Wildman–Crippen LogP) is 1.71. The van der Waals surface area contributed by atoms with Crippen molar-refractivity contribution in [1.82, 2.24) is 0 Å². The largest absolute Gasteiger partial charge is 0.462 e. The molecule has 0 aliphatic rings. The van der Waals surface area contributed by atoms with Crippen molar-refractivity contribution in [1.29, 1.82) is 0 Å². The monoisotopic (exact) mass is 352 g/mol. The second-order valence-electron chi connectivity index (χ2n) is 5.14. The molecule has 0 fully saturated rings. The minimum atomic E-state index is -1.02. The summed E-state index contributed by atoms with van der Waals surface area (Å²) in [5.74, 6) is -1.96. The van der Waals surface area contributed by atoms with E-state index in [0.717, 1.165) is 0 Å². The van der Waals surface area contributed by atoms with Gasteiger partial charge in [0.05, 0.1) is 0 Å². The summed E-state index contributed by atoms with van der Waals surface area (Å²) in [6.07, 6.45) is -2.02. The summed E-state index contributed by atoms with van der Waals surface area (Å²) in [6, 6.07) is 6.11. The zero-order valence-electron chi connectivity index (χ0n) is 14.4. The molecule has 0 saturated carbocycles. The molecule has 25 heavy (non-hydrogen) atoms. The smallest absolute Gasteiger partial charge is 0.308 e. The summed E-state index contributed by atoms with van der Waals surface area (Å²) in [5.41, 5.74) is 0.476. The molecule has 0 N–H and O–H groups in total. The summed E-state index contributed by atoms with van der Waals surface area (Å²) < 4.78 is 20.2. The maximum atomic E-state index is 11.4. The maximum Gasteiger partial charge on any atom is 0.308 e. The van der Waals surface area contributed by atoms with Crippen LogP contribution in [0, 0.1) is 0 Å². The van der Waals surface area contributed by atoms with Gasteiger partial charge in [-0.1, -0.05) is 12.1 Å². The van der Waals surface area contributed by atoms with Crippen LogP contribution < -0.4 is 4.74 Å². The van der Waals surface area contributed by atoms with E-state index >= 15 is 0 Å². The molecule has 0 bridgehead atoms. The van der Waals surface area contributed by atoms with Crippen molar-refractivity contribution in [3.63, 3.8) is 0 Å². The van der Waals surface area contributed by atoms with Gasteiger partial charge in [0, 0.05) is 27.7 Å². The molecular formula is C17H20O8. The van der Waals surface area contributed by atoms with Crippen molar-refractivity contribution in [2.75, 3.05) is 6.61 Å². The number of hydrogen-bond acceptors (Lipinski definition) is 8. The number of rotatable bonds is 7. The molecule has 0 amide bonds. The maximum absolute atomic E-state index is 11.4. The average molecular weight is 352 g/mol. The Kier molecular flexibility index (Phi) is 7.58. The second-order valence-corrected chi connectivity index (χ2v) is 5.14. The first-order valence-electron chi connectivity index (χ1n) is 7.45. The highest BCUT2D eigenvalue weighted by molar-refractivity contribution is 5.69. The fourth-order valence-corrected chi connectivity index (χ4v) is 2.02. The van der Waals surface area contributed by atoms with E-state index in [-0.39, 0.29) is 6.61 Å². The summed E-state index contributed by atoms with van der Waals surface area (Å²) in [5, 5.41) is 0. The molecule has 2 atom stereocenters. The number of carbonyl (C=O) groups is 4. The van der Waals surface area contributed by atoms with E-state index in [9.17, 15) is 19.2 Å². The van der Waals surface area contributed by atoms with E-state index in [1.807, 2.05) is 0 Å². The molecular weight excluding hydrogens is 332 g/mol. The number of carbonyl (C=O) groups excluding carboxylic acids is 4. The third-order valence-corrected chi connectivity index (χ3v) is 2.87. The van der Waals surface area contributed by atoms with Crippen LogP contribution in [0.1, 0.15) is 39.4 Å². The van der Waals surface area contributed by atoms with Crippen molar-refractivity contribution in [2.24, 2.45) is 0 Å². The van der Waals surface area contributed by atoms with Crippen molar-refractivity contribution >= 4 is 23.9 Å². The lowest BCUT2D eigenvalue weighted by Crippen LogP contribution is -2.32. The SMILES string of the molecule is CC(=O)OC[C@H](OC(C)=O)[C@H](OC(C)=O)c1ccc(OC(C)=O)cc1. The summed E-state index contributed by atoms with van der Waals surface area (Å²) in [6.45, 7) is 4.59. The highest BCUT2D eigenvalue weighted by atomic mass is 16.6. The van der Waals surface area contributed by atoms with Gasteiger partial charge in [0.15, 0.2) is 12.2 Å². The van der Waals surface area contributed by atoms with E-state index in [1.54, 1.807) is 12.1 Å². The number of benzene rings is 1. The van der Waals surface area contributed by atoms with Crippen LogP contribution in [0.4, 0.5) is 0 Å². The fraction of sp³-hybridized carbons (Fsp3) is 0.412. The summed E-state index contributed by atoms with van der Waals surface area (Å²) >= 11 is 0. The van der Waals surface area contributed by atoms with Gasteiger partial charge >= 0.3 is 23.9 Å². The Bertz CT molecular complexity index is 635. The number of esters is 4. The van der Waals surface area contributed by atoms with E-state index in [1.165, 1.54) is 39.8 Å². The summed E-state index contributed by atoms with van der Waals surface area (Å²) in [7, 11) is 0. The van der Waals surface area contributed by atoms with E-state index in [4.69, 9.17) is 18.9 Å². The van der Waals surface area contributed by atoms with Gasteiger partial charge in [-0.3, -0.25) is 19.2 Å². The molecule has 0 radical (unpaired) electrons. The van der Waals surface area contributed by atoms with Gasteiger partial charge < -0.3 is 18.9 Å². The van der Waals surface area contributed by atoms with Gasteiger partial charge in [-0.2, -0.15) is 0 Å². The van der Waals surface area contributed by atoms with Gasteiger partial charge in [0.1, 0.15) is 12.4 Å². The molecule has 0 aliphatic carbocycles. The molecule has 0 saturated heterocycles. The highest BCUT2D eigenvalue weighted by Crippen LogP contribution is 2.26.